The third-order valence-corrected chi connectivity index (χ3v) is 7.14. The van der Waals surface area contributed by atoms with Crippen LogP contribution in [0.2, 0.25) is 0 Å². The minimum absolute atomic E-state index is 0.230. The number of amidine groups is 1. The Hall–Kier alpha value is -3.60. The fraction of sp³-hybridized carbons (Fsp3) is 0.382. The lowest BCUT2D eigenvalue weighted by atomic mass is 9.87. The number of allylic oxidation sites excluding steroid dienone is 1. The molecule has 0 bridgehead atoms. The lowest BCUT2D eigenvalue weighted by molar-refractivity contribution is 0.311. The number of likely N-dealkylation sites (N-methyl/N-ethyl adjacent to an activating group) is 1. The number of hydrogen-bond donors (Lipinski definition) is 1. The van der Waals surface area contributed by atoms with E-state index in [0.717, 1.165) is 58.9 Å². The monoisotopic (exact) mass is 529 g/mol. The van der Waals surface area contributed by atoms with Crippen molar-refractivity contribution in [2.24, 2.45) is 4.99 Å². The Morgan fingerprint density at radius 2 is 1.82 bits per heavy atom. The second kappa shape index (κ2) is 14.5. The zero-order valence-electron chi connectivity index (χ0n) is 24.6. The van der Waals surface area contributed by atoms with Crippen LogP contribution in [0.1, 0.15) is 75.6 Å². The van der Waals surface area contributed by atoms with Gasteiger partial charge in [-0.3, -0.25) is 4.99 Å². The molecule has 0 aromatic heterocycles. The predicted molar refractivity (Wildman–Crippen MR) is 165 cm³/mol. The fourth-order valence-electron chi connectivity index (χ4n) is 4.66. The molecular formula is C34H44FN3O. The number of nitrogens with one attached hydrogen (secondary N) is 1. The Bertz CT molecular complexity index is 1280. The topological polar surface area (TPSA) is 36.9 Å². The van der Waals surface area contributed by atoms with E-state index in [9.17, 15) is 4.39 Å². The summed E-state index contributed by atoms with van der Waals surface area (Å²) in [6, 6.07) is 17.5. The number of halogens is 1. The van der Waals surface area contributed by atoms with E-state index in [1.165, 1.54) is 23.3 Å². The van der Waals surface area contributed by atoms with E-state index >= 15 is 0 Å². The van der Waals surface area contributed by atoms with E-state index in [-0.39, 0.29) is 5.82 Å². The number of nitrogens with zero attached hydrogens (tertiary/aromatic N) is 2. The van der Waals surface area contributed by atoms with Crippen LogP contribution in [0.25, 0.3) is 11.1 Å². The summed E-state index contributed by atoms with van der Waals surface area (Å²) in [6.07, 6.45) is 6.03. The van der Waals surface area contributed by atoms with Gasteiger partial charge in [-0.25, -0.2) is 4.39 Å². The number of aliphatic imine (C=N–C) groups is 1. The van der Waals surface area contributed by atoms with Crippen molar-refractivity contribution in [3.63, 3.8) is 0 Å². The van der Waals surface area contributed by atoms with Crippen molar-refractivity contribution >= 4 is 11.5 Å². The van der Waals surface area contributed by atoms with E-state index in [2.05, 4.69) is 81.4 Å². The van der Waals surface area contributed by atoms with Crippen LogP contribution in [0.3, 0.4) is 0 Å². The molecule has 1 N–H and O–H groups in total. The highest BCUT2D eigenvalue weighted by atomic mass is 19.1. The zero-order valence-corrected chi connectivity index (χ0v) is 24.6. The van der Waals surface area contributed by atoms with Gasteiger partial charge in [0, 0.05) is 12.6 Å². The smallest absolute Gasteiger partial charge is 0.143 e. The second-order valence-corrected chi connectivity index (χ2v) is 9.75. The Labute approximate surface area is 234 Å². The van der Waals surface area contributed by atoms with Gasteiger partial charge in [0.25, 0.3) is 0 Å². The average molecular weight is 530 g/mol. The van der Waals surface area contributed by atoms with E-state index in [1.54, 1.807) is 0 Å². The van der Waals surface area contributed by atoms with Gasteiger partial charge in [0.1, 0.15) is 24.0 Å². The maximum absolute atomic E-state index is 13.6. The van der Waals surface area contributed by atoms with E-state index in [4.69, 9.17) is 9.73 Å². The predicted octanol–water partition coefficient (Wildman–Crippen LogP) is 8.63. The molecular weight excluding hydrogens is 485 g/mol. The van der Waals surface area contributed by atoms with Crippen molar-refractivity contribution in [1.82, 2.24) is 5.32 Å². The molecule has 39 heavy (non-hydrogen) atoms. The first-order valence-electron chi connectivity index (χ1n) is 14.2. The summed E-state index contributed by atoms with van der Waals surface area (Å²) in [6.45, 7) is 14.9. The first-order valence-corrected chi connectivity index (χ1v) is 14.2. The first kappa shape index (κ1) is 29.9. The molecule has 0 amide bonds. The molecule has 208 valence electrons. The van der Waals surface area contributed by atoms with Gasteiger partial charge in [0.2, 0.25) is 0 Å². The normalized spacial score (nSPS) is 13.8. The third-order valence-electron chi connectivity index (χ3n) is 7.14. The number of benzene rings is 3. The molecule has 0 radical (unpaired) electrons. The summed E-state index contributed by atoms with van der Waals surface area (Å²) < 4.78 is 19.6. The summed E-state index contributed by atoms with van der Waals surface area (Å²) in [7, 11) is 2.09. The quantitative estimate of drug-likeness (QED) is 0.234. The molecule has 0 aliphatic carbocycles. The van der Waals surface area contributed by atoms with Crippen molar-refractivity contribution in [2.45, 2.75) is 66.8 Å². The summed E-state index contributed by atoms with van der Waals surface area (Å²) in [5.74, 6) is 1.90. The Balaban J connectivity index is 0.00000205. The molecule has 4 nitrogen and oxygen atoms in total. The van der Waals surface area contributed by atoms with E-state index < -0.39 is 0 Å². The van der Waals surface area contributed by atoms with Gasteiger partial charge in [-0.05, 0) is 90.0 Å². The van der Waals surface area contributed by atoms with Crippen molar-refractivity contribution in [3.05, 3.63) is 94.9 Å². The minimum atomic E-state index is -0.230. The summed E-state index contributed by atoms with van der Waals surface area (Å²) in [5.41, 5.74) is 7.84. The number of ether oxygens (including phenoxy) is 1. The van der Waals surface area contributed by atoms with Gasteiger partial charge in [0.05, 0.1) is 18.8 Å². The largest absolute Gasteiger partial charge is 0.490 e. The number of fused-ring (bicyclic) bond motifs is 1. The maximum Gasteiger partial charge on any atom is 0.143 e. The van der Waals surface area contributed by atoms with Crippen LogP contribution < -0.4 is 15.0 Å². The van der Waals surface area contributed by atoms with Crippen molar-refractivity contribution in [2.75, 3.05) is 25.1 Å². The third kappa shape index (κ3) is 7.50. The number of anilines is 1. The molecule has 4 rings (SSSR count). The molecule has 1 aliphatic rings. The van der Waals surface area contributed by atoms with Gasteiger partial charge in [-0.15, -0.1) is 0 Å². The summed E-state index contributed by atoms with van der Waals surface area (Å²) in [5, 5.41) is 3.46. The highest BCUT2D eigenvalue weighted by Crippen LogP contribution is 2.33. The molecule has 3 aromatic carbocycles. The number of hydrogen-bond acceptors (Lipinski definition) is 3. The SMILES string of the molecule is CC.CC/C=C/NC(=NCc1ccc2c(c1)OCCN2C)c1cc(-c2ccc(F)cc2)cc(C(C)CC)c1C. The maximum atomic E-state index is 13.6. The van der Waals surface area contributed by atoms with Gasteiger partial charge in [0.15, 0.2) is 0 Å². The number of rotatable bonds is 8. The van der Waals surface area contributed by atoms with Crippen LogP contribution in [0, 0.1) is 12.7 Å². The molecule has 1 unspecified atom stereocenters. The zero-order chi connectivity index (χ0) is 28.4. The molecule has 1 aliphatic heterocycles. The van der Waals surface area contributed by atoms with Crippen LogP contribution >= 0.6 is 0 Å². The van der Waals surface area contributed by atoms with Crippen molar-refractivity contribution < 1.29 is 9.13 Å². The molecule has 1 heterocycles. The molecule has 0 saturated heterocycles. The van der Waals surface area contributed by atoms with Gasteiger partial charge < -0.3 is 15.0 Å². The molecule has 5 heteroatoms. The molecule has 0 spiro atoms. The Morgan fingerprint density at radius 3 is 2.51 bits per heavy atom. The summed E-state index contributed by atoms with van der Waals surface area (Å²) in [4.78, 5) is 7.28. The molecule has 3 aromatic rings. The van der Waals surface area contributed by atoms with Crippen LogP contribution in [0.4, 0.5) is 10.1 Å². The van der Waals surface area contributed by atoms with Crippen LogP contribution in [0.5, 0.6) is 5.75 Å². The fourth-order valence-corrected chi connectivity index (χ4v) is 4.66. The lowest BCUT2D eigenvalue weighted by Crippen LogP contribution is -2.28. The van der Waals surface area contributed by atoms with E-state index in [0.29, 0.717) is 19.1 Å². The van der Waals surface area contributed by atoms with E-state index in [1.807, 2.05) is 32.2 Å². The Kier molecular flexibility index (Phi) is 11.2. The highest BCUT2D eigenvalue weighted by molar-refractivity contribution is 6.02. The lowest BCUT2D eigenvalue weighted by Gasteiger charge is -2.27. The Morgan fingerprint density at radius 1 is 1.08 bits per heavy atom. The standard InChI is InChI=1S/C32H38FN3O.C2H6/c1-6-8-15-34-32(35-21-24-9-14-30-31(18-24)37-17-16-36(30)5)29-20-26(25-10-12-27(33)13-11-25)19-28(23(29)4)22(3)7-2;1-2/h8-15,18-20,22H,6-7,16-17,21H2,1-5H3,(H,34,35);1-2H3/b15-8+;. The molecule has 0 fully saturated rings. The minimum Gasteiger partial charge on any atom is -0.490 e. The first-order chi connectivity index (χ1) is 18.9. The average Bonchev–Trinajstić information content (AvgIpc) is 2.96. The molecule has 1 atom stereocenters. The van der Waals surface area contributed by atoms with Gasteiger partial charge in [-0.2, -0.15) is 0 Å². The van der Waals surface area contributed by atoms with Crippen LogP contribution in [-0.2, 0) is 6.54 Å². The molecule has 0 saturated carbocycles. The van der Waals surface area contributed by atoms with Crippen LogP contribution in [-0.4, -0.2) is 26.0 Å². The van der Waals surface area contributed by atoms with Gasteiger partial charge >= 0.3 is 0 Å². The van der Waals surface area contributed by atoms with Crippen molar-refractivity contribution in [3.8, 4) is 16.9 Å². The van der Waals surface area contributed by atoms with Crippen LogP contribution in [0.15, 0.2) is 71.9 Å². The van der Waals surface area contributed by atoms with Crippen molar-refractivity contribution in [1.29, 1.82) is 0 Å². The summed E-state index contributed by atoms with van der Waals surface area (Å²) >= 11 is 0. The van der Waals surface area contributed by atoms with Gasteiger partial charge in [-0.1, -0.05) is 65.0 Å². The second-order valence-electron chi connectivity index (χ2n) is 9.75. The highest BCUT2D eigenvalue weighted by Gasteiger charge is 2.18.